The van der Waals surface area contributed by atoms with Crippen LogP contribution in [0.5, 0.6) is 0 Å². The van der Waals surface area contributed by atoms with Crippen molar-refractivity contribution in [1.82, 2.24) is 10.2 Å². The van der Waals surface area contributed by atoms with Crippen LogP contribution in [0.3, 0.4) is 0 Å². The van der Waals surface area contributed by atoms with Crippen molar-refractivity contribution in [1.29, 1.82) is 0 Å². The van der Waals surface area contributed by atoms with Gasteiger partial charge in [-0.05, 0) is 25.2 Å². The van der Waals surface area contributed by atoms with Gasteiger partial charge in [0.05, 0.1) is 36.0 Å². The fourth-order valence-electron chi connectivity index (χ4n) is 2.15. The van der Waals surface area contributed by atoms with E-state index in [1.807, 2.05) is 12.1 Å². The number of nitrogens with one attached hydrogen (secondary N) is 1. The maximum absolute atomic E-state index is 12.5. The molecule has 9 heteroatoms. The Morgan fingerprint density at radius 1 is 1.00 bits per heavy atom. The fourth-order valence-corrected chi connectivity index (χ4v) is 4.15. The van der Waals surface area contributed by atoms with Gasteiger partial charge in [-0.15, -0.1) is 0 Å². The summed E-state index contributed by atoms with van der Waals surface area (Å²) < 4.78 is 15.6. The zero-order valence-electron chi connectivity index (χ0n) is 15.3. The zero-order chi connectivity index (χ0) is 18.7. The van der Waals surface area contributed by atoms with Crippen LogP contribution >= 0.6 is 36.1 Å². The lowest BCUT2D eigenvalue weighted by Gasteiger charge is -2.18. The average molecular weight is 407 g/mol. The summed E-state index contributed by atoms with van der Waals surface area (Å²) in [4.78, 5) is 17.3. The highest BCUT2D eigenvalue weighted by Crippen LogP contribution is 2.40. The van der Waals surface area contributed by atoms with E-state index in [0.29, 0.717) is 12.1 Å². The second-order valence-electron chi connectivity index (χ2n) is 4.83. The van der Waals surface area contributed by atoms with Gasteiger partial charge >= 0.3 is 0 Å². The van der Waals surface area contributed by atoms with Gasteiger partial charge in [-0.3, -0.25) is 4.79 Å². The van der Waals surface area contributed by atoms with Gasteiger partial charge in [0.15, 0.2) is 0 Å². The number of carbonyl (C=O) groups is 1. The van der Waals surface area contributed by atoms with Crippen LogP contribution in [-0.2, 0) is 12.5 Å². The number of hydrogen-bond acceptors (Lipinski definition) is 8. The standard InChI is InChI=1S/C16H26N2O4S3/c1-6-18(7-2)9-8-17-16(19)12-10-13(23-20-3)15(25-22-5)14(11-12)24-21-4/h10-11H,6-9H2,1-5H3,(H,17,19). The van der Waals surface area contributed by atoms with Crippen LogP contribution in [0.15, 0.2) is 26.8 Å². The number of carbonyl (C=O) groups excluding carboxylic acids is 1. The Morgan fingerprint density at radius 3 is 1.96 bits per heavy atom. The van der Waals surface area contributed by atoms with E-state index in [0.717, 1.165) is 34.3 Å². The molecule has 1 rings (SSSR count). The van der Waals surface area contributed by atoms with Crippen molar-refractivity contribution in [3.8, 4) is 0 Å². The van der Waals surface area contributed by atoms with Crippen molar-refractivity contribution < 1.29 is 17.3 Å². The minimum Gasteiger partial charge on any atom is -0.351 e. The molecule has 1 amide bonds. The van der Waals surface area contributed by atoms with E-state index in [1.165, 1.54) is 36.1 Å². The van der Waals surface area contributed by atoms with Gasteiger partial charge in [-0.1, -0.05) is 13.8 Å². The summed E-state index contributed by atoms with van der Waals surface area (Å²) in [5.41, 5.74) is 0.569. The van der Waals surface area contributed by atoms with E-state index in [1.54, 1.807) is 21.3 Å². The second-order valence-corrected chi connectivity index (χ2v) is 7.62. The second kappa shape index (κ2) is 12.9. The molecule has 0 spiro atoms. The van der Waals surface area contributed by atoms with E-state index >= 15 is 0 Å². The Balaban J connectivity index is 2.95. The molecule has 0 aliphatic heterocycles. The van der Waals surface area contributed by atoms with E-state index in [2.05, 4.69) is 24.1 Å². The predicted molar refractivity (Wildman–Crippen MR) is 105 cm³/mol. The molecule has 0 unspecified atom stereocenters. The lowest BCUT2D eigenvalue weighted by molar-refractivity contribution is 0.0948. The lowest BCUT2D eigenvalue weighted by Crippen LogP contribution is -2.34. The zero-order valence-corrected chi connectivity index (χ0v) is 17.7. The Bertz CT molecular complexity index is 515. The van der Waals surface area contributed by atoms with Crippen LogP contribution in [0.2, 0.25) is 0 Å². The highest BCUT2D eigenvalue weighted by molar-refractivity contribution is 7.99. The van der Waals surface area contributed by atoms with Crippen molar-refractivity contribution in [3.63, 3.8) is 0 Å². The minimum absolute atomic E-state index is 0.114. The average Bonchev–Trinajstić information content (AvgIpc) is 2.61. The summed E-state index contributed by atoms with van der Waals surface area (Å²) in [6.45, 7) is 7.60. The summed E-state index contributed by atoms with van der Waals surface area (Å²) >= 11 is 3.60. The van der Waals surface area contributed by atoms with Crippen molar-refractivity contribution in [2.45, 2.75) is 28.5 Å². The Labute approximate surface area is 163 Å². The minimum atomic E-state index is -0.114. The van der Waals surface area contributed by atoms with Crippen LogP contribution < -0.4 is 5.32 Å². The first kappa shape index (κ1) is 22.6. The summed E-state index contributed by atoms with van der Waals surface area (Å²) in [5.74, 6) is -0.114. The molecule has 1 aromatic carbocycles. The van der Waals surface area contributed by atoms with Crippen molar-refractivity contribution >= 4 is 42.0 Å². The smallest absolute Gasteiger partial charge is 0.251 e. The first-order valence-electron chi connectivity index (χ1n) is 7.91. The van der Waals surface area contributed by atoms with E-state index in [-0.39, 0.29) is 5.91 Å². The molecule has 0 bridgehead atoms. The molecule has 0 aliphatic carbocycles. The third-order valence-electron chi connectivity index (χ3n) is 3.40. The van der Waals surface area contributed by atoms with Gasteiger partial charge in [0, 0.05) is 54.8 Å². The highest BCUT2D eigenvalue weighted by Gasteiger charge is 2.17. The van der Waals surface area contributed by atoms with E-state index in [9.17, 15) is 4.79 Å². The van der Waals surface area contributed by atoms with E-state index < -0.39 is 0 Å². The number of likely N-dealkylation sites (N-methyl/N-ethyl adjacent to an activating group) is 1. The molecule has 0 radical (unpaired) electrons. The van der Waals surface area contributed by atoms with Gasteiger partial charge < -0.3 is 22.8 Å². The Morgan fingerprint density at radius 2 is 1.52 bits per heavy atom. The third kappa shape index (κ3) is 7.38. The highest BCUT2D eigenvalue weighted by atomic mass is 32.2. The van der Waals surface area contributed by atoms with Crippen LogP contribution in [0.4, 0.5) is 0 Å². The summed E-state index contributed by atoms with van der Waals surface area (Å²) in [7, 11) is 4.78. The van der Waals surface area contributed by atoms with Gasteiger partial charge in [-0.25, -0.2) is 0 Å². The molecule has 0 atom stereocenters. The van der Waals surface area contributed by atoms with Crippen LogP contribution in [-0.4, -0.2) is 58.3 Å². The molecular weight excluding hydrogens is 380 g/mol. The van der Waals surface area contributed by atoms with Gasteiger partial charge in [0.1, 0.15) is 0 Å². The summed E-state index contributed by atoms with van der Waals surface area (Å²) in [5, 5.41) is 2.97. The number of benzene rings is 1. The Kier molecular flexibility index (Phi) is 11.6. The van der Waals surface area contributed by atoms with Crippen LogP contribution in [0.25, 0.3) is 0 Å². The molecule has 0 fully saturated rings. The largest absolute Gasteiger partial charge is 0.351 e. The van der Waals surface area contributed by atoms with Crippen molar-refractivity contribution in [2.24, 2.45) is 0 Å². The van der Waals surface area contributed by atoms with Gasteiger partial charge in [-0.2, -0.15) is 0 Å². The van der Waals surface area contributed by atoms with Gasteiger partial charge in [0.25, 0.3) is 5.91 Å². The topological polar surface area (TPSA) is 60.0 Å². The molecule has 0 aliphatic rings. The van der Waals surface area contributed by atoms with E-state index in [4.69, 9.17) is 12.5 Å². The van der Waals surface area contributed by atoms with Crippen molar-refractivity contribution in [2.75, 3.05) is 47.5 Å². The predicted octanol–water partition coefficient (Wildman–Crippen LogP) is 3.72. The van der Waals surface area contributed by atoms with Crippen LogP contribution in [0.1, 0.15) is 24.2 Å². The first-order chi connectivity index (χ1) is 12.1. The summed E-state index contributed by atoms with van der Waals surface area (Å²) in [6, 6.07) is 3.62. The molecule has 0 saturated heterocycles. The number of amides is 1. The SMILES string of the molecule is CCN(CC)CCNC(=O)c1cc(SOC)c(SOC)c(SOC)c1. The number of rotatable bonds is 12. The molecule has 0 aromatic heterocycles. The first-order valence-corrected chi connectivity index (χ1v) is 10.1. The normalized spacial score (nSPS) is 11.1. The maximum Gasteiger partial charge on any atom is 0.251 e. The monoisotopic (exact) mass is 406 g/mol. The lowest BCUT2D eigenvalue weighted by atomic mass is 10.2. The maximum atomic E-state index is 12.5. The van der Waals surface area contributed by atoms with Gasteiger partial charge in [0.2, 0.25) is 0 Å². The van der Waals surface area contributed by atoms with Crippen molar-refractivity contribution in [3.05, 3.63) is 17.7 Å². The van der Waals surface area contributed by atoms with Crippen LogP contribution in [0, 0.1) is 0 Å². The molecule has 142 valence electrons. The molecule has 25 heavy (non-hydrogen) atoms. The molecule has 6 nitrogen and oxygen atoms in total. The number of nitrogens with zero attached hydrogens (tertiary/aromatic N) is 1. The molecule has 0 saturated carbocycles. The molecule has 1 N–H and O–H groups in total. The molecule has 0 heterocycles. The fraction of sp³-hybridized carbons (Fsp3) is 0.562. The third-order valence-corrected chi connectivity index (χ3v) is 5.77. The number of hydrogen-bond donors (Lipinski definition) is 1. The molecular formula is C16H26N2O4S3. The summed E-state index contributed by atoms with van der Waals surface area (Å²) in [6.07, 6.45) is 0. The quantitative estimate of drug-likeness (QED) is 0.527. The molecule has 1 aromatic rings. The Hall–Kier alpha value is -0.420.